The number of aliphatic hydroxyl groups excluding tert-OH is 1. The van der Waals surface area contributed by atoms with Crippen LogP contribution in [0.2, 0.25) is 0 Å². The van der Waals surface area contributed by atoms with E-state index in [1.165, 1.54) is 0 Å². The number of carbonyl (C=O) groups is 1. The van der Waals surface area contributed by atoms with Crippen molar-refractivity contribution < 1.29 is 36.9 Å². The number of nitrogens with two attached hydrogens (primary N) is 1. The van der Waals surface area contributed by atoms with Crippen molar-refractivity contribution in [2.45, 2.75) is 31.9 Å². The third-order valence-corrected chi connectivity index (χ3v) is 6.43. The highest BCUT2D eigenvalue weighted by molar-refractivity contribution is 5.76. The molecule has 3 N–H and O–H groups in total. The third kappa shape index (κ3) is 5.34. The van der Waals surface area contributed by atoms with Gasteiger partial charge in [-0.25, -0.2) is 9.18 Å². The fraction of sp³-hybridized carbons (Fsp3) is 0.500. The predicted molar refractivity (Wildman–Crippen MR) is 123 cm³/mol. The Bertz CT molecular complexity index is 1090. The number of benzene rings is 1. The lowest BCUT2D eigenvalue weighted by atomic mass is 9.90. The summed E-state index contributed by atoms with van der Waals surface area (Å²) in [6.07, 6.45) is -8.08. The second-order valence-corrected chi connectivity index (χ2v) is 8.83. The number of aryl methyl sites for hydroxylation is 1. The molecule has 196 valence electrons. The van der Waals surface area contributed by atoms with Gasteiger partial charge in [0, 0.05) is 19.2 Å². The molecule has 0 aliphatic carbocycles. The number of anilines is 1. The molecule has 2 fully saturated rings. The average Bonchev–Trinajstić information content (AvgIpc) is 3.20. The van der Waals surface area contributed by atoms with Crippen molar-refractivity contribution >= 4 is 11.8 Å². The SMILES string of the molecule is Cc1ccc(C2CC(C(F)(F)F)C(F)N2C(N)=O)c(-c2cc(OCCO)nc(N3CCOCC3)c2)c1. The summed E-state index contributed by atoms with van der Waals surface area (Å²) < 4.78 is 66.6. The number of likely N-dealkylation sites (tertiary alicyclic amines) is 1. The highest BCUT2D eigenvalue weighted by Gasteiger charge is 2.56. The Morgan fingerprint density at radius 2 is 1.97 bits per heavy atom. The number of hydrogen-bond donors (Lipinski definition) is 2. The molecule has 36 heavy (non-hydrogen) atoms. The number of pyridine rings is 1. The molecule has 2 aromatic rings. The van der Waals surface area contributed by atoms with Gasteiger partial charge in [0.25, 0.3) is 0 Å². The second-order valence-electron chi connectivity index (χ2n) is 8.83. The number of urea groups is 1. The normalized spacial score (nSPS) is 22.7. The van der Waals surface area contributed by atoms with Crippen LogP contribution in [0.25, 0.3) is 11.1 Å². The number of nitrogens with zero attached hydrogens (tertiary/aromatic N) is 3. The lowest BCUT2D eigenvalue weighted by Gasteiger charge is -2.29. The number of aliphatic hydroxyl groups is 1. The summed E-state index contributed by atoms with van der Waals surface area (Å²) in [5.41, 5.74) is 7.56. The number of primary amides is 1. The van der Waals surface area contributed by atoms with Crippen LogP contribution in [-0.2, 0) is 4.74 Å². The number of halogens is 4. The number of alkyl halides is 4. The van der Waals surface area contributed by atoms with Crippen LogP contribution in [0.3, 0.4) is 0 Å². The van der Waals surface area contributed by atoms with Crippen LogP contribution >= 0.6 is 0 Å². The van der Waals surface area contributed by atoms with Gasteiger partial charge in [-0.1, -0.05) is 23.8 Å². The molecule has 4 rings (SSSR count). The highest BCUT2D eigenvalue weighted by atomic mass is 19.4. The van der Waals surface area contributed by atoms with E-state index in [4.69, 9.17) is 15.2 Å². The van der Waals surface area contributed by atoms with Crippen molar-refractivity contribution in [2.24, 2.45) is 11.7 Å². The van der Waals surface area contributed by atoms with Crippen LogP contribution in [0, 0.1) is 12.8 Å². The first-order chi connectivity index (χ1) is 17.1. The van der Waals surface area contributed by atoms with E-state index in [0.29, 0.717) is 53.7 Å². The maximum Gasteiger partial charge on any atom is 0.396 e. The summed E-state index contributed by atoms with van der Waals surface area (Å²) in [5.74, 6) is -1.58. The molecule has 3 atom stereocenters. The molecule has 1 aromatic carbocycles. The Morgan fingerprint density at radius 3 is 2.61 bits per heavy atom. The molecule has 3 unspecified atom stereocenters. The molecule has 2 aliphatic heterocycles. The lowest BCUT2D eigenvalue weighted by molar-refractivity contribution is -0.190. The van der Waals surface area contributed by atoms with E-state index in [-0.39, 0.29) is 19.1 Å². The van der Waals surface area contributed by atoms with E-state index >= 15 is 0 Å². The second kappa shape index (κ2) is 10.5. The van der Waals surface area contributed by atoms with E-state index in [1.807, 2.05) is 11.8 Å². The van der Waals surface area contributed by atoms with Crippen LogP contribution in [-0.4, -0.2) is 73.0 Å². The van der Waals surface area contributed by atoms with Crippen LogP contribution in [0.1, 0.15) is 23.6 Å². The summed E-state index contributed by atoms with van der Waals surface area (Å²) >= 11 is 0. The summed E-state index contributed by atoms with van der Waals surface area (Å²) in [6, 6.07) is 5.95. The molecule has 2 amide bonds. The van der Waals surface area contributed by atoms with Gasteiger partial charge < -0.3 is 25.2 Å². The molecule has 8 nitrogen and oxygen atoms in total. The average molecular weight is 513 g/mol. The highest BCUT2D eigenvalue weighted by Crippen LogP contribution is 2.49. The summed E-state index contributed by atoms with van der Waals surface area (Å²) in [7, 11) is 0. The Labute approximate surface area is 205 Å². The molecule has 2 saturated heterocycles. The van der Waals surface area contributed by atoms with Gasteiger partial charge >= 0.3 is 12.2 Å². The molecule has 0 spiro atoms. The van der Waals surface area contributed by atoms with Gasteiger partial charge in [-0.2, -0.15) is 18.2 Å². The minimum Gasteiger partial charge on any atom is -0.475 e. The van der Waals surface area contributed by atoms with Gasteiger partial charge in [0.2, 0.25) is 5.88 Å². The largest absolute Gasteiger partial charge is 0.475 e. The number of aromatic nitrogens is 1. The zero-order valence-corrected chi connectivity index (χ0v) is 19.7. The molecule has 12 heteroatoms. The molecule has 1 aromatic heterocycles. The van der Waals surface area contributed by atoms with Crippen molar-refractivity contribution in [1.29, 1.82) is 0 Å². The van der Waals surface area contributed by atoms with Gasteiger partial charge in [0.1, 0.15) is 18.3 Å². The zero-order chi connectivity index (χ0) is 26.0. The summed E-state index contributed by atoms with van der Waals surface area (Å²) in [4.78, 5) is 19.1. The van der Waals surface area contributed by atoms with Gasteiger partial charge in [0.15, 0.2) is 6.30 Å². The van der Waals surface area contributed by atoms with Crippen LogP contribution in [0.15, 0.2) is 30.3 Å². The predicted octanol–water partition coefficient (Wildman–Crippen LogP) is 3.56. The monoisotopic (exact) mass is 512 g/mol. The number of morpholine rings is 1. The molecular weight excluding hydrogens is 484 g/mol. The number of rotatable bonds is 6. The zero-order valence-electron chi connectivity index (χ0n) is 19.7. The fourth-order valence-corrected chi connectivity index (χ4v) is 4.71. The molecule has 0 bridgehead atoms. The summed E-state index contributed by atoms with van der Waals surface area (Å²) in [5, 5.41) is 9.20. The number of amides is 2. The first-order valence-corrected chi connectivity index (χ1v) is 11.6. The minimum atomic E-state index is -4.84. The number of hydrogen-bond acceptors (Lipinski definition) is 6. The quantitative estimate of drug-likeness (QED) is 0.454. The van der Waals surface area contributed by atoms with E-state index in [2.05, 4.69) is 4.98 Å². The van der Waals surface area contributed by atoms with Gasteiger partial charge in [-0.15, -0.1) is 0 Å². The van der Waals surface area contributed by atoms with Crippen molar-refractivity contribution in [3.8, 4) is 17.0 Å². The van der Waals surface area contributed by atoms with Crippen molar-refractivity contribution in [2.75, 3.05) is 44.4 Å². The molecule has 0 radical (unpaired) electrons. The smallest absolute Gasteiger partial charge is 0.396 e. The first-order valence-electron chi connectivity index (χ1n) is 11.6. The van der Waals surface area contributed by atoms with E-state index < -0.39 is 36.9 Å². The maximum absolute atomic E-state index is 14.9. The molecule has 3 heterocycles. The topological polar surface area (TPSA) is 101 Å². The first kappa shape index (κ1) is 26.0. The van der Waals surface area contributed by atoms with Crippen LogP contribution in [0.5, 0.6) is 5.88 Å². The van der Waals surface area contributed by atoms with Gasteiger partial charge in [-0.3, -0.25) is 4.90 Å². The Hall–Kier alpha value is -3.12. The maximum atomic E-state index is 14.9. The Morgan fingerprint density at radius 1 is 1.25 bits per heavy atom. The van der Waals surface area contributed by atoms with Crippen molar-refractivity contribution in [3.63, 3.8) is 0 Å². The fourth-order valence-electron chi connectivity index (χ4n) is 4.71. The van der Waals surface area contributed by atoms with Crippen molar-refractivity contribution in [3.05, 3.63) is 41.5 Å². The standard InChI is InChI=1S/C24H28F4N4O4/c1-14-2-3-16(19-13-18(24(26,27)28)22(25)32(19)23(29)34)17(10-14)15-11-20(31-4-7-35-8-5-31)30-21(12-15)36-9-6-33/h2-3,10-12,18-19,22,33H,4-9,13H2,1H3,(H2,29,34). The number of carbonyl (C=O) groups excluding carboxylic acids is 1. The van der Waals surface area contributed by atoms with Gasteiger partial charge in [-0.05, 0) is 36.1 Å². The van der Waals surface area contributed by atoms with Crippen LogP contribution in [0.4, 0.5) is 28.2 Å². The van der Waals surface area contributed by atoms with E-state index in [1.54, 1.807) is 30.3 Å². The van der Waals surface area contributed by atoms with Crippen LogP contribution < -0.4 is 15.4 Å². The van der Waals surface area contributed by atoms with Crippen molar-refractivity contribution in [1.82, 2.24) is 9.88 Å². The Kier molecular flexibility index (Phi) is 7.55. The molecular formula is C24H28F4N4O4. The number of ether oxygens (including phenoxy) is 2. The summed E-state index contributed by atoms with van der Waals surface area (Å²) in [6.45, 7) is 3.73. The Balaban J connectivity index is 1.82. The van der Waals surface area contributed by atoms with E-state index in [9.17, 15) is 27.5 Å². The minimum absolute atomic E-state index is 0.00541. The third-order valence-electron chi connectivity index (χ3n) is 6.43. The lowest BCUT2D eigenvalue weighted by Crippen LogP contribution is -2.42. The van der Waals surface area contributed by atoms with Gasteiger partial charge in [0.05, 0.1) is 25.9 Å². The molecule has 0 saturated carbocycles. The molecule has 2 aliphatic rings. The van der Waals surface area contributed by atoms with E-state index in [0.717, 1.165) is 5.56 Å².